The average molecular weight is 256 g/mol. The lowest BCUT2D eigenvalue weighted by molar-refractivity contribution is 0.0772. The molecule has 3 heteroatoms. The van der Waals surface area contributed by atoms with E-state index in [9.17, 15) is 5.11 Å². The molecule has 4 rings (SSSR count). The summed E-state index contributed by atoms with van der Waals surface area (Å²) in [6.07, 6.45) is 4.43. The Morgan fingerprint density at radius 3 is 3.16 bits per heavy atom. The maximum atomic E-state index is 9.52. The molecular weight excluding hydrogens is 236 g/mol. The van der Waals surface area contributed by atoms with E-state index in [4.69, 9.17) is 0 Å². The number of hydrogen-bond acceptors (Lipinski definition) is 2. The van der Waals surface area contributed by atoms with Crippen LogP contribution < -0.4 is 0 Å². The van der Waals surface area contributed by atoms with Crippen molar-refractivity contribution in [1.29, 1.82) is 0 Å². The van der Waals surface area contributed by atoms with Crippen molar-refractivity contribution < 1.29 is 5.11 Å². The van der Waals surface area contributed by atoms with Gasteiger partial charge in [-0.3, -0.25) is 0 Å². The number of nitrogens with one attached hydrogen (secondary N) is 1. The second-order valence-electron chi connectivity index (χ2n) is 6.19. The molecule has 0 spiro atoms. The standard InChI is InChI=1S/C16H20N2O/c1-18-8-10(9-19)5-13-12-3-2-4-14-16(12)11(7-17-14)6-15(13)18/h2-4,7,10,13,15,17,19H,5-6,8-9H2,1H3/t10-,13+,15+/m0/s1. The van der Waals surface area contributed by atoms with Gasteiger partial charge < -0.3 is 15.0 Å². The average Bonchev–Trinajstić information content (AvgIpc) is 2.85. The van der Waals surface area contributed by atoms with E-state index in [2.05, 4.69) is 41.3 Å². The minimum absolute atomic E-state index is 0.309. The summed E-state index contributed by atoms with van der Waals surface area (Å²) in [7, 11) is 2.21. The predicted molar refractivity (Wildman–Crippen MR) is 76.4 cm³/mol. The van der Waals surface area contributed by atoms with Gasteiger partial charge in [0, 0.05) is 42.2 Å². The highest BCUT2D eigenvalue weighted by Gasteiger charge is 2.38. The van der Waals surface area contributed by atoms with E-state index in [1.165, 1.54) is 22.0 Å². The molecule has 1 fully saturated rings. The van der Waals surface area contributed by atoms with Crippen LogP contribution in [0.1, 0.15) is 23.5 Å². The van der Waals surface area contributed by atoms with Crippen molar-refractivity contribution in [1.82, 2.24) is 9.88 Å². The first kappa shape index (κ1) is 11.5. The summed E-state index contributed by atoms with van der Waals surface area (Å²) in [6.45, 7) is 1.33. The van der Waals surface area contributed by atoms with E-state index in [0.29, 0.717) is 24.5 Å². The second kappa shape index (κ2) is 4.09. The molecule has 2 aromatic rings. The van der Waals surface area contributed by atoms with Gasteiger partial charge in [0.2, 0.25) is 0 Å². The van der Waals surface area contributed by atoms with E-state index < -0.39 is 0 Å². The summed E-state index contributed by atoms with van der Waals surface area (Å²) < 4.78 is 0. The first-order chi connectivity index (χ1) is 9.28. The fraction of sp³-hybridized carbons (Fsp3) is 0.500. The number of H-pyrrole nitrogens is 1. The Hall–Kier alpha value is -1.32. The normalized spacial score (nSPS) is 30.5. The molecule has 0 amide bonds. The van der Waals surface area contributed by atoms with Gasteiger partial charge in [0.15, 0.2) is 0 Å². The van der Waals surface area contributed by atoms with Gasteiger partial charge in [0.25, 0.3) is 0 Å². The van der Waals surface area contributed by atoms with Gasteiger partial charge in [-0.25, -0.2) is 0 Å². The van der Waals surface area contributed by atoms with Gasteiger partial charge >= 0.3 is 0 Å². The molecule has 2 heterocycles. The summed E-state index contributed by atoms with van der Waals surface area (Å²) >= 11 is 0. The van der Waals surface area contributed by atoms with E-state index in [-0.39, 0.29) is 0 Å². The van der Waals surface area contributed by atoms with Gasteiger partial charge in [-0.05, 0) is 43.0 Å². The summed E-state index contributed by atoms with van der Waals surface area (Å²) in [5.74, 6) is 0.991. The maximum Gasteiger partial charge on any atom is 0.0471 e. The minimum atomic E-state index is 0.309. The highest BCUT2D eigenvalue weighted by molar-refractivity contribution is 5.88. The topological polar surface area (TPSA) is 39.3 Å². The fourth-order valence-electron chi connectivity index (χ4n) is 4.19. The SMILES string of the molecule is CN1C[C@@H](CO)C[C@@H]2c3cccc4[nH]cc(c34)C[C@H]21. The molecule has 1 saturated heterocycles. The molecule has 3 atom stereocenters. The third-order valence-corrected chi connectivity index (χ3v) is 5.07. The molecule has 1 aromatic heterocycles. The van der Waals surface area contributed by atoms with Crippen molar-refractivity contribution in [3.63, 3.8) is 0 Å². The van der Waals surface area contributed by atoms with Gasteiger partial charge in [-0.1, -0.05) is 12.1 Å². The first-order valence-corrected chi connectivity index (χ1v) is 7.18. The smallest absolute Gasteiger partial charge is 0.0471 e. The summed E-state index contributed by atoms with van der Waals surface area (Å²) in [6, 6.07) is 7.20. The quantitative estimate of drug-likeness (QED) is 0.820. The number of aromatic amines is 1. The second-order valence-corrected chi connectivity index (χ2v) is 6.19. The monoisotopic (exact) mass is 256 g/mol. The number of likely N-dealkylation sites (tertiary alicyclic amines) is 1. The van der Waals surface area contributed by atoms with Gasteiger partial charge in [-0.15, -0.1) is 0 Å². The van der Waals surface area contributed by atoms with Crippen LogP contribution in [0.15, 0.2) is 24.4 Å². The lowest BCUT2D eigenvalue weighted by atomic mass is 9.72. The third kappa shape index (κ3) is 1.58. The lowest BCUT2D eigenvalue weighted by Gasteiger charge is -2.45. The number of aromatic nitrogens is 1. The Morgan fingerprint density at radius 2 is 2.32 bits per heavy atom. The highest BCUT2D eigenvalue weighted by Crippen LogP contribution is 2.44. The summed E-state index contributed by atoms with van der Waals surface area (Å²) in [4.78, 5) is 5.85. The van der Waals surface area contributed by atoms with E-state index in [0.717, 1.165) is 19.4 Å². The van der Waals surface area contributed by atoms with Crippen LogP contribution in [-0.4, -0.2) is 41.2 Å². The number of rotatable bonds is 1. The number of piperidine rings is 1. The molecule has 2 aliphatic rings. The molecule has 1 aromatic carbocycles. The van der Waals surface area contributed by atoms with Crippen molar-refractivity contribution in [2.45, 2.75) is 24.8 Å². The van der Waals surface area contributed by atoms with Crippen LogP contribution >= 0.6 is 0 Å². The van der Waals surface area contributed by atoms with Crippen LogP contribution in [0.25, 0.3) is 10.9 Å². The molecule has 2 N–H and O–H groups in total. The number of nitrogens with zero attached hydrogens (tertiary/aromatic N) is 1. The highest BCUT2D eigenvalue weighted by atomic mass is 16.3. The van der Waals surface area contributed by atoms with Crippen molar-refractivity contribution in [3.05, 3.63) is 35.5 Å². The zero-order chi connectivity index (χ0) is 13.0. The molecule has 0 radical (unpaired) electrons. The number of benzene rings is 1. The number of fused-ring (bicyclic) bond motifs is 2. The van der Waals surface area contributed by atoms with Crippen LogP contribution in [0.4, 0.5) is 0 Å². The Morgan fingerprint density at radius 1 is 1.42 bits per heavy atom. The summed E-state index contributed by atoms with van der Waals surface area (Å²) in [5.41, 5.74) is 4.20. The minimum Gasteiger partial charge on any atom is -0.396 e. The Labute approximate surface area is 113 Å². The van der Waals surface area contributed by atoms with Crippen molar-refractivity contribution in [2.24, 2.45) is 5.92 Å². The molecule has 19 heavy (non-hydrogen) atoms. The van der Waals surface area contributed by atoms with Crippen LogP contribution in [0.3, 0.4) is 0 Å². The molecule has 100 valence electrons. The zero-order valence-corrected chi connectivity index (χ0v) is 11.3. The van der Waals surface area contributed by atoms with Gasteiger partial charge in [0.05, 0.1) is 0 Å². The fourth-order valence-corrected chi connectivity index (χ4v) is 4.19. The van der Waals surface area contributed by atoms with Crippen molar-refractivity contribution in [3.8, 4) is 0 Å². The first-order valence-electron chi connectivity index (χ1n) is 7.18. The third-order valence-electron chi connectivity index (χ3n) is 5.07. The molecule has 3 nitrogen and oxygen atoms in total. The molecular formula is C16H20N2O. The van der Waals surface area contributed by atoms with Gasteiger partial charge in [-0.2, -0.15) is 0 Å². The largest absolute Gasteiger partial charge is 0.396 e. The Kier molecular flexibility index (Phi) is 2.47. The Bertz CT molecular complexity index is 618. The zero-order valence-electron chi connectivity index (χ0n) is 11.3. The summed E-state index contributed by atoms with van der Waals surface area (Å²) in [5, 5.41) is 11.0. The molecule has 0 unspecified atom stereocenters. The van der Waals surface area contributed by atoms with Crippen LogP contribution in [-0.2, 0) is 6.42 Å². The number of hydrogen-bond donors (Lipinski definition) is 2. The van der Waals surface area contributed by atoms with E-state index in [1.54, 1.807) is 0 Å². The number of aliphatic hydroxyl groups excluding tert-OH is 1. The molecule has 1 aliphatic heterocycles. The predicted octanol–water partition coefficient (Wildman–Crippen LogP) is 2.12. The number of likely N-dealkylation sites (N-methyl/N-ethyl adjacent to an activating group) is 1. The lowest BCUT2D eigenvalue weighted by Crippen LogP contribution is -2.48. The number of aliphatic hydroxyl groups is 1. The van der Waals surface area contributed by atoms with Crippen molar-refractivity contribution in [2.75, 3.05) is 20.2 Å². The van der Waals surface area contributed by atoms with Gasteiger partial charge in [0.1, 0.15) is 0 Å². The molecule has 0 bridgehead atoms. The Balaban J connectivity index is 1.86. The van der Waals surface area contributed by atoms with E-state index in [1.807, 2.05) is 0 Å². The van der Waals surface area contributed by atoms with Crippen LogP contribution in [0, 0.1) is 5.92 Å². The maximum absolute atomic E-state index is 9.52. The van der Waals surface area contributed by atoms with E-state index >= 15 is 0 Å². The van der Waals surface area contributed by atoms with Crippen LogP contribution in [0.2, 0.25) is 0 Å². The molecule has 1 aliphatic carbocycles. The van der Waals surface area contributed by atoms with Crippen molar-refractivity contribution >= 4 is 10.9 Å². The van der Waals surface area contributed by atoms with Crippen LogP contribution in [0.5, 0.6) is 0 Å². The molecule has 0 saturated carbocycles.